The van der Waals surface area contributed by atoms with Gasteiger partial charge in [-0.3, -0.25) is 13.9 Å². The Hall–Kier alpha value is -2.59. The molecule has 136 valence electrons. The fraction of sp³-hybridized carbons (Fsp3) is 0. The van der Waals surface area contributed by atoms with E-state index in [2.05, 4.69) is 0 Å². The Morgan fingerprint density at radius 3 is 1.23 bits per heavy atom. The van der Waals surface area contributed by atoms with Crippen LogP contribution in [0.3, 0.4) is 0 Å². The normalized spacial score (nSPS) is 12.7. The van der Waals surface area contributed by atoms with Gasteiger partial charge in [0.2, 0.25) is 0 Å². The van der Waals surface area contributed by atoms with Crippen LogP contribution < -0.4 is 0 Å². The van der Waals surface area contributed by atoms with Crippen molar-refractivity contribution in [1.29, 1.82) is 0 Å². The fourth-order valence-corrected chi connectivity index (χ4v) is 2.87. The molecule has 0 fully saturated rings. The van der Waals surface area contributed by atoms with Gasteiger partial charge in [-0.15, -0.1) is 0 Å². The van der Waals surface area contributed by atoms with Crippen LogP contribution in [0.4, 0.5) is 0 Å². The van der Waals surface area contributed by atoms with Gasteiger partial charge in [-0.05, 0) is 47.5 Å². The van der Waals surface area contributed by atoms with Gasteiger partial charge >= 0.3 is 0 Å². The van der Waals surface area contributed by atoms with Crippen LogP contribution >= 0.6 is 0 Å². The van der Waals surface area contributed by atoms with E-state index in [1.807, 2.05) is 0 Å². The number of benzene rings is 2. The van der Waals surface area contributed by atoms with E-state index in [-0.39, 0.29) is 15.6 Å². The lowest BCUT2D eigenvalue weighted by Crippen LogP contribution is -1.97. The maximum atomic E-state index is 11.8. The molecular weight excluding hydrogens is 380 g/mol. The van der Waals surface area contributed by atoms with Gasteiger partial charge in [-0.1, -0.05) is 36.4 Å². The molecule has 0 saturated heterocycles. The Balaban J connectivity index is 2.03. The number of rotatable bonds is 6. The van der Waals surface area contributed by atoms with Crippen LogP contribution in [0.1, 0.15) is 11.1 Å². The highest BCUT2D eigenvalue weighted by molar-refractivity contribution is 7.86. The first-order valence-electron chi connectivity index (χ1n) is 7.11. The summed E-state index contributed by atoms with van der Waals surface area (Å²) in [5.74, 6) is -0.345. The molecule has 0 aliphatic heterocycles. The van der Waals surface area contributed by atoms with E-state index >= 15 is 0 Å². The molecule has 0 spiro atoms. The standard InChI is InChI=1S/C17H14O7S2/c18-15(7-1-13-3-9-16(10-4-13)25(19,20)21)8-2-14-5-11-17(12-6-14)26(22,23)24/h1-12H,(H,19,20,21)(H,22,23,24)/b7-1+,8-2+. The SMILES string of the molecule is O=C(/C=C/c1ccc(S(=O)(=O)O)cc1)/C=C/c1ccc(S(=O)(=O)O)cc1. The zero-order chi connectivity index (χ0) is 19.4. The molecule has 0 atom stereocenters. The van der Waals surface area contributed by atoms with Crippen molar-refractivity contribution in [3.8, 4) is 0 Å². The Bertz CT molecular complexity index is 973. The van der Waals surface area contributed by atoms with Gasteiger partial charge in [0, 0.05) is 0 Å². The van der Waals surface area contributed by atoms with Gasteiger partial charge in [-0.25, -0.2) is 0 Å². The summed E-state index contributed by atoms with van der Waals surface area (Å²) in [6.45, 7) is 0. The van der Waals surface area contributed by atoms with Gasteiger partial charge in [-0.2, -0.15) is 16.8 Å². The minimum absolute atomic E-state index is 0.241. The average molecular weight is 394 g/mol. The zero-order valence-electron chi connectivity index (χ0n) is 13.2. The molecule has 2 aromatic carbocycles. The summed E-state index contributed by atoms with van der Waals surface area (Å²) in [4.78, 5) is 11.3. The molecule has 2 N–H and O–H groups in total. The maximum Gasteiger partial charge on any atom is 0.294 e. The lowest BCUT2D eigenvalue weighted by Gasteiger charge is -1.98. The molecule has 7 nitrogen and oxygen atoms in total. The lowest BCUT2D eigenvalue weighted by molar-refractivity contribution is -0.110. The predicted octanol–water partition coefficient (Wildman–Crippen LogP) is 2.48. The van der Waals surface area contributed by atoms with Crippen molar-refractivity contribution in [2.75, 3.05) is 0 Å². The largest absolute Gasteiger partial charge is 0.294 e. The molecule has 0 heterocycles. The van der Waals surface area contributed by atoms with Gasteiger partial charge < -0.3 is 0 Å². The monoisotopic (exact) mass is 394 g/mol. The van der Waals surface area contributed by atoms with Crippen molar-refractivity contribution in [1.82, 2.24) is 0 Å². The van der Waals surface area contributed by atoms with Crippen molar-refractivity contribution >= 4 is 38.2 Å². The molecule has 0 aliphatic carbocycles. The van der Waals surface area contributed by atoms with Crippen LogP contribution in [-0.4, -0.2) is 31.7 Å². The number of ketones is 1. The minimum Gasteiger partial charge on any atom is -0.290 e. The van der Waals surface area contributed by atoms with Crippen molar-refractivity contribution in [2.45, 2.75) is 9.79 Å². The zero-order valence-corrected chi connectivity index (χ0v) is 14.8. The van der Waals surface area contributed by atoms with Crippen molar-refractivity contribution in [3.63, 3.8) is 0 Å². The van der Waals surface area contributed by atoms with E-state index in [1.165, 1.54) is 72.8 Å². The third-order valence-electron chi connectivity index (χ3n) is 3.24. The second-order valence-electron chi connectivity index (χ2n) is 5.16. The summed E-state index contributed by atoms with van der Waals surface area (Å²) in [7, 11) is -8.52. The smallest absolute Gasteiger partial charge is 0.290 e. The predicted molar refractivity (Wildman–Crippen MR) is 95.6 cm³/mol. The first-order chi connectivity index (χ1) is 12.1. The van der Waals surface area contributed by atoms with E-state index in [1.54, 1.807) is 0 Å². The first-order valence-corrected chi connectivity index (χ1v) is 9.99. The second-order valence-corrected chi connectivity index (χ2v) is 8.00. The number of carbonyl (C=O) groups is 1. The molecular formula is C17H14O7S2. The molecule has 2 rings (SSSR count). The fourth-order valence-electron chi connectivity index (χ4n) is 1.91. The Morgan fingerprint density at radius 2 is 0.962 bits per heavy atom. The molecule has 0 amide bonds. The van der Waals surface area contributed by atoms with Crippen LogP contribution in [0.25, 0.3) is 12.2 Å². The van der Waals surface area contributed by atoms with E-state index in [0.29, 0.717) is 11.1 Å². The molecule has 2 aromatic rings. The molecule has 26 heavy (non-hydrogen) atoms. The molecule has 0 bridgehead atoms. The Kier molecular flexibility index (Phi) is 5.88. The minimum atomic E-state index is -4.26. The molecule has 0 aliphatic rings. The van der Waals surface area contributed by atoms with E-state index in [4.69, 9.17) is 9.11 Å². The topological polar surface area (TPSA) is 126 Å². The summed E-state index contributed by atoms with van der Waals surface area (Å²) in [5.41, 5.74) is 1.13. The summed E-state index contributed by atoms with van der Waals surface area (Å²) < 4.78 is 61.5. The highest BCUT2D eigenvalue weighted by Crippen LogP contribution is 2.12. The molecule has 0 aromatic heterocycles. The van der Waals surface area contributed by atoms with Crippen molar-refractivity contribution < 1.29 is 30.7 Å². The number of allylic oxidation sites excluding steroid dienone is 2. The van der Waals surface area contributed by atoms with Crippen LogP contribution in [-0.2, 0) is 25.0 Å². The van der Waals surface area contributed by atoms with Crippen molar-refractivity contribution in [3.05, 3.63) is 71.8 Å². The first kappa shape index (κ1) is 19.7. The Morgan fingerprint density at radius 1 is 0.654 bits per heavy atom. The number of hydrogen-bond donors (Lipinski definition) is 2. The van der Waals surface area contributed by atoms with Gasteiger partial charge in [0.05, 0.1) is 9.79 Å². The number of hydrogen-bond acceptors (Lipinski definition) is 5. The molecule has 0 saturated carbocycles. The lowest BCUT2D eigenvalue weighted by atomic mass is 10.1. The summed E-state index contributed by atoms with van der Waals surface area (Å²) in [6.07, 6.45) is 5.49. The highest BCUT2D eigenvalue weighted by atomic mass is 32.2. The molecule has 0 unspecified atom stereocenters. The summed E-state index contributed by atoms with van der Waals surface area (Å²) in [5, 5.41) is 0. The highest BCUT2D eigenvalue weighted by Gasteiger charge is 2.08. The molecule has 0 radical (unpaired) electrons. The molecule has 9 heteroatoms. The van der Waals surface area contributed by atoms with E-state index in [0.717, 1.165) is 0 Å². The quantitative estimate of drug-likeness (QED) is 0.569. The van der Waals surface area contributed by atoms with Crippen molar-refractivity contribution in [2.24, 2.45) is 0 Å². The Labute approximate surface area is 150 Å². The van der Waals surface area contributed by atoms with E-state index in [9.17, 15) is 21.6 Å². The van der Waals surface area contributed by atoms with Crippen LogP contribution in [0.5, 0.6) is 0 Å². The number of carbonyl (C=O) groups excluding carboxylic acids is 1. The van der Waals surface area contributed by atoms with Gasteiger partial charge in [0.1, 0.15) is 0 Å². The van der Waals surface area contributed by atoms with Crippen LogP contribution in [0, 0.1) is 0 Å². The third-order valence-corrected chi connectivity index (χ3v) is 4.97. The summed E-state index contributed by atoms with van der Waals surface area (Å²) in [6, 6.07) is 10.6. The van der Waals surface area contributed by atoms with Gasteiger partial charge in [0.15, 0.2) is 5.78 Å². The maximum absolute atomic E-state index is 11.8. The third kappa shape index (κ3) is 5.74. The van der Waals surface area contributed by atoms with E-state index < -0.39 is 20.2 Å². The second kappa shape index (κ2) is 7.75. The van der Waals surface area contributed by atoms with Gasteiger partial charge in [0.25, 0.3) is 20.2 Å². The summed E-state index contributed by atoms with van der Waals surface area (Å²) >= 11 is 0. The van der Waals surface area contributed by atoms with Crippen LogP contribution in [0.15, 0.2) is 70.5 Å². The average Bonchev–Trinajstić information content (AvgIpc) is 2.57. The van der Waals surface area contributed by atoms with Crippen LogP contribution in [0.2, 0.25) is 0 Å².